The largest absolute Gasteiger partial charge is 0.466 e. The molecule has 0 bridgehead atoms. The molecule has 106 valence electrons. The van der Waals surface area contributed by atoms with E-state index in [9.17, 15) is 4.79 Å². The maximum atomic E-state index is 12.3. The molecule has 0 saturated heterocycles. The van der Waals surface area contributed by atoms with E-state index in [0.717, 1.165) is 11.6 Å². The second-order valence-electron chi connectivity index (χ2n) is 5.52. The van der Waals surface area contributed by atoms with Crippen molar-refractivity contribution < 1.29 is 9.21 Å². The van der Waals surface area contributed by atoms with E-state index in [0.29, 0.717) is 23.3 Å². The molecule has 0 aromatic carbocycles. The van der Waals surface area contributed by atoms with Crippen LogP contribution >= 0.6 is 0 Å². The van der Waals surface area contributed by atoms with Gasteiger partial charge in [-0.1, -0.05) is 0 Å². The highest BCUT2D eigenvalue weighted by molar-refractivity contribution is 6.04. The Morgan fingerprint density at radius 2 is 2.25 bits per heavy atom. The highest BCUT2D eigenvalue weighted by atomic mass is 16.3. The van der Waals surface area contributed by atoms with Gasteiger partial charge in [0.1, 0.15) is 17.3 Å². The van der Waals surface area contributed by atoms with Gasteiger partial charge in [-0.3, -0.25) is 4.79 Å². The Kier molecular flexibility index (Phi) is 3.12. The van der Waals surface area contributed by atoms with Gasteiger partial charge in [0.2, 0.25) is 0 Å². The lowest BCUT2D eigenvalue weighted by Gasteiger charge is -2.15. The molecule has 1 N–H and O–H groups in total. The van der Waals surface area contributed by atoms with Crippen LogP contribution in [0.3, 0.4) is 0 Å². The number of nitrogens with zero attached hydrogens (tertiary/aromatic N) is 2. The molecular formula is C15H19N3O2. The van der Waals surface area contributed by atoms with E-state index in [4.69, 9.17) is 4.42 Å². The van der Waals surface area contributed by atoms with Gasteiger partial charge in [0.15, 0.2) is 0 Å². The zero-order valence-electron chi connectivity index (χ0n) is 12.0. The average molecular weight is 273 g/mol. The van der Waals surface area contributed by atoms with Crippen molar-refractivity contribution in [2.75, 3.05) is 5.32 Å². The summed E-state index contributed by atoms with van der Waals surface area (Å²) in [5.74, 6) is 2.66. The molecule has 2 aromatic rings. The predicted octanol–water partition coefficient (Wildman–Crippen LogP) is 3.32. The maximum absolute atomic E-state index is 12.3. The van der Waals surface area contributed by atoms with Crippen molar-refractivity contribution in [2.24, 2.45) is 5.92 Å². The van der Waals surface area contributed by atoms with E-state index in [-0.39, 0.29) is 5.91 Å². The van der Waals surface area contributed by atoms with Crippen molar-refractivity contribution in [3.63, 3.8) is 0 Å². The van der Waals surface area contributed by atoms with Gasteiger partial charge in [-0.05, 0) is 45.6 Å². The van der Waals surface area contributed by atoms with Crippen molar-refractivity contribution in [1.82, 2.24) is 9.78 Å². The Bertz CT molecular complexity index is 637. The molecule has 3 rings (SSSR count). The maximum Gasteiger partial charge on any atom is 0.260 e. The van der Waals surface area contributed by atoms with Gasteiger partial charge >= 0.3 is 0 Å². The van der Waals surface area contributed by atoms with Crippen LogP contribution in [-0.2, 0) is 0 Å². The third kappa shape index (κ3) is 2.35. The zero-order valence-corrected chi connectivity index (χ0v) is 12.0. The standard InChI is InChI=1S/C15H19N3O2/c1-9-8-13(11(3)20-9)15(19)17-14-6-7-16-18(14)10(2)12-4-5-12/h6-8,10,12H,4-5H2,1-3H3,(H,17,19). The van der Waals surface area contributed by atoms with Gasteiger partial charge in [-0.15, -0.1) is 0 Å². The molecule has 1 aliphatic rings. The highest BCUT2D eigenvalue weighted by Crippen LogP contribution is 2.40. The van der Waals surface area contributed by atoms with E-state index >= 15 is 0 Å². The molecule has 0 aliphatic heterocycles. The van der Waals surface area contributed by atoms with Crippen LogP contribution in [0.15, 0.2) is 22.7 Å². The summed E-state index contributed by atoms with van der Waals surface area (Å²) in [6.07, 6.45) is 4.21. The molecule has 0 radical (unpaired) electrons. The van der Waals surface area contributed by atoms with Crippen LogP contribution in [0.1, 0.15) is 47.7 Å². The van der Waals surface area contributed by atoms with Crippen LogP contribution in [0.2, 0.25) is 0 Å². The van der Waals surface area contributed by atoms with E-state index < -0.39 is 0 Å². The number of amides is 1. The van der Waals surface area contributed by atoms with Gasteiger partial charge < -0.3 is 9.73 Å². The molecule has 1 amide bonds. The number of anilines is 1. The lowest BCUT2D eigenvalue weighted by molar-refractivity contribution is 0.102. The van der Waals surface area contributed by atoms with Gasteiger partial charge in [0, 0.05) is 6.07 Å². The molecule has 1 saturated carbocycles. The van der Waals surface area contributed by atoms with Crippen molar-refractivity contribution in [3.8, 4) is 0 Å². The topological polar surface area (TPSA) is 60.1 Å². The molecule has 20 heavy (non-hydrogen) atoms. The van der Waals surface area contributed by atoms with Crippen molar-refractivity contribution in [3.05, 3.63) is 35.4 Å². The first kappa shape index (κ1) is 13.0. The summed E-state index contributed by atoms with van der Waals surface area (Å²) in [7, 11) is 0. The minimum Gasteiger partial charge on any atom is -0.466 e. The summed E-state index contributed by atoms with van der Waals surface area (Å²) in [5, 5.41) is 7.26. The quantitative estimate of drug-likeness (QED) is 0.929. The first-order valence-electron chi connectivity index (χ1n) is 6.98. The molecular weight excluding hydrogens is 254 g/mol. The number of carbonyl (C=O) groups is 1. The van der Waals surface area contributed by atoms with Crippen LogP contribution in [0.4, 0.5) is 5.82 Å². The molecule has 1 unspecified atom stereocenters. The van der Waals surface area contributed by atoms with Gasteiger partial charge in [0.25, 0.3) is 5.91 Å². The summed E-state index contributed by atoms with van der Waals surface area (Å²) in [6, 6.07) is 3.92. The van der Waals surface area contributed by atoms with E-state index in [1.54, 1.807) is 19.2 Å². The number of aromatic nitrogens is 2. The summed E-state index contributed by atoms with van der Waals surface area (Å²) in [5.41, 5.74) is 0.578. The normalized spacial score (nSPS) is 16.1. The smallest absolute Gasteiger partial charge is 0.260 e. The predicted molar refractivity (Wildman–Crippen MR) is 75.8 cm³/mol. The summed E-state index contributed by atoms with van der Waals surface area (Å²) in [6.45, 7) is 5.78. The van der Waals surface area contributed by atoms with Gasteiger partial charge in [-0.2, -0.15) is 5.10 Å². The zero-order chi connectivity index (χ0) is 14.3. The Hall–Kier alpha value is -2.04. The van der Waals surface area contributed by atoms with Gasteiger partial charge in [-0.25, -0.2) is 4.68 Å². The Labute approximate surface area is 118 Å². The number of aryl methyl sites for hydroxylation is 2. The molecule has 2 aromatic heterocycles. The Morgan fingerprint density at radius 1 is 1.50 bits per heavy atom. The van der Waals surface area contributed by atoms with E-state index in [2.05, 4.69) is 17.3 Å². The second kappa shape index (κ2) is 4.81. The highest BCUT2D eigenvalue weighted by Gasteiger charge is 2.31. The van der Waals surface area contributed by atoms with Crippen molar-refractivity contribution in [1.29, 1.82) is 0 Å². The summed E-state index contributed by atoms with van der Waals surface area (Å²) in [4.78, 5) is 12.3. The van der Waals surface area contributed by atoms with Crippen LogP contribution in [0.25, 0.3) is 0 Å². The molecule has 5 heteroatoms. The molecule has 2 heterocycles. The second-order valence-corrected chi connectivity index (χ2v) is 5.52. The Balaban J connectivity index is 1.79. The van der Waals surface area contributed by atoms with E-state index in [1.165, 1.54) is 12.8 Å². The number of hydrogen-bond acceptors (Lipinski definition) is 3. The number of carbonyl (C=O) groups excluding carboxylic acids is 1. The summed E-state index contributed by atoms with van der Waals surface area (Å²) < 4.78 is 7.30. The monoisotopic (exact) mass is 273 g/mol. The number of furan rings is 1. The number of nitrogens with one attached hydrogen (secondary N) is 1. The van der Waals surface area contributed by atoms with Crippen LogP contribution < -0.4 is 5.32 Å². The fraction of sp³-hybridized carbons (Fsp3) is 0.467. The number of rotatable bonds is 4. The third-order valence-electron chi connectivity index (χ3n) is 3.89. The fourth-order valence-electron chi connectivity index (χ4n) is 2.56. The molecule has 1 atom stereocenters. The fourth-order valence-corrected chi connectivity index (χ4v) is 2.56. The molecule has 0 spiro atoms. The van der Waals surface area contributed by atoms with Gasteiger partial charge in [0.05, 0.1) is 17.8 Å². The molecule has 5 nitrogen and oxygen atoms in total. The minimum atomic E-state index is -0.149. The van der Waals surface area contributed by atoms with Crippen molar-refractivity contribution in [2.45, 2.75) is 39.7 Å². The van der Waals surface area contributed by atoms with Crippen LogP contribution in [-0.4, -0.2) is 15.7 Å². The van der Waals surface area contributed by atoms with E-state index in [1.807, 2.05) is 17.7 Å². The first-order chi connectivity index (χ1) is 9.56. The molecule has 1 aliphatic carbocycles. The van der Waals surface area contributed by atoms with Crippen LogP contribution in [0.5, 0.6) is 0 Å². The third-order valence-corrected chi connectivity index (χ3v) is 3.89. The van der Waals surface area contributed by atoms with Crippen molar-refractivity contribution >= 4 is 11.7 Å². The Morgan fingerprint density at radius 3 is 2.85 bits per heavy atom. The average Bonchev–Trinajstić information content (AvgIpc) is 3.06. The lowest BCUT2D eigenvalue weighted by atomic mass is 10.2. The first-order valence-corrected chi connectivity index (χ1v) is 6.98. The van der Waals surface area contributed by atoms with Crippen LogP contribution in [0, 0.1) is 19.8 Å². The lowest BCUT2D eigenvalue weighted by Crippen LogP contribution is -2.18. The molecule has 1 fully saturated rings. The summed E-state index contributed by atoms with van der Waals surface area (Å²) >= 11 is 0. The SMILES string of the molecule is Cc1cc(C(=O)Nc2ccnn2C(C)C2CC2)c(C)o1. The minimum absolute atomic E-state index is 0.149. The number of hydrogen-bond donors (Lipinski definition) is 1.